The predicted octanol–water partition coefficient (Wildman–Crippen LogP) is 1.89. The van der Waals surface area contributed by atoms with Gasteiger partial charge in [0.2, 0.25) is 5.91 Å². The molecule has 0 heterocycles. The minimum atomic E-state index is -1.91. The average Bonchev–Trinajstić information content (AvgIpc) is 2.53. The smallest absolute Gasteiger partial charge is 0.336 e. The topological polar surface area (TPSA) is 95.9 Å². The zero-order chi connectivity index (χ0) is 16.9. The third-order valence-electron chi connectivity index (χ3n) is 3.30. The van der Waals surface area contributed by atoms with Crippen LogP contribution in [0.5, 0.6) is 11.5 Å². The molecule has 0 fully saturated rings. The Labute approximate surface area is 133 Å². The molecule has 1 amide bonds. The highest BCUT2D eigenvalue weighted by molar-refractivity contribution is 5.87. The van der Waals surface area contributed by atoms with Crippen LogP contribution in [0.15, 0.2) is 54.6 Å². The van der Waals surface area contributed by atoms with Crippen LogP contribution in [0, 0.1) is 0 Å². The number of aliphatic carboxylic acids is 1. The maximum absolute atomic E-state index is 11.6. The molecule has 0 unspecified atom stereocenters. The molecule has 0 spiro atoms. The largest absolute Gasteiger partial charge is 0.479 e. The number of benzene rings is 2. The Bertz CT molecular complexity index is 701. The van der Waals surface area contributed by atoms with Gasteiger partial charge in [0.15, 0.2) is 5.54 Å². The molecule has 2 rings (SSSR count). The number of hydrogen-bond donors (Lipinski definition) is 3. The first kappa shape index (κ1) is 16.5. The van der Waals surface area contributed by atoms with Gasteiger partial charge < -0.3 is 20.3 Å². The van der Waals surface area contributed by atoms with E-state index >= 15 is 0 Å². The van der Waals surface area contributed by atoms with Crippen LogP contribution in [0.4, 0.5) is 0 Å². The summed E-state index contributed by atoms with van der Waals surface area (Å²) in [5.74, 6) is -0.921. The number of carbonyl (C=O) groups is 2. The molecule has 23 heavy (non-hydrogen) atoms. The maximum Gasteiger partial charge on any atom is 0.336 e. The van der Waals surface area contributed by atoms with Crippen molar-refractivity contribution in [1.29, 1.82) is 0 Å². The number of carboxylic acids is 1. The third-order valence-corrected chi connectivity index (χ3v) is 3.30. The Hall–Kier alpha value is -2.86. The van der Waals surface area contributed by atoms with Gasteiger partial charge in [0.1, 0.15) is 11.5 Å². The Morgan fingerprint density at radius 3 is 2.30 bits per heavy atom. The van der Waals surface area contributed by atoms with E-state index in [1.807, 2.05) is 18.2 Å². The molecule has 2 aromatic rings. The van der Waals surface area contributed by atoms with Gasteiger partial charge in [-0.1, -0.05) is 30.3 Å². The number of carboxylic acid groups (broad SMARTS) is 1. The summed E-state index contributed by atoms with van der Waals surface area (Å²) in [5, 5.41) is 21.4. The molecule has 3 N–H and O–H groups in total. The number of ether oxygens (including phenoxy) is 1. The van der Waals surface area contributed by atoms with E-state index < -0.39 is 24.0 Å². The second kappa shape index (κ2) is 6.93. The van der Waals surface area contributed by atoms with Crippen LogP contribution in [0.25, 0.3) is 0 Å². The molecule has 0 saturated heterocycles. The van der Waals surface area contributed by atoms with Gasteiger partial charge in [-0.3, -0.25) is 4.79 Å². The number of aliphatic hydroxyl groups is 1. The van der Waals surface area contributed by atoms with Crippen molar-refractivity contribution in [3.05, 3.63) is 60.2 Å². The number of nitrogens with one attached hydrogen (secondary N) is 1. The number of hydrogen-bond acceptors (Lipinski definition) is 4. The van der Waals surface area contributed by atoms with Crippen molar-refractivity contribution < 1.29 is 24.5 Å². The number of rotatable bonds is 6. The SMILES string of the molecule is CC(=O)N[C@@](CO)(C(=O)O)c1cccc(Oc2ccccc2)c1. The van der Waals surface area contributed by atoms with Gasteiger partial charge in [0.25, 0.3) is 0 Å². The number of amides is 1. The molecular weight excluding hydrogens is 298 g/mol. The summed E-state index contributed by atoms with van der Waals surface area (Å²) in [6, 6.07) is 15.2. The summed E-state index contributed by atoms with van der Waals surface area (Å²) in [7, 11) is 0. The number of para-hydroxylation sites is 1. The van der Waals surface area contributed by atoms with Crippen molar-refractivity contribution in [3.63, 3.8) is 0 Å². The van der Waals surface area contributed by atoms with Crippen molar-refractivity contribution in [2.45, 2.75) is 12.5 Å². The van der Waals surface area contributed by atoms with Gasteiger partial charge in [-0.05, 0) is 29.8 Å². The van der Waals surface area contributed by atoms with Crippen molar-refractivity contribution in [2.24, 2.45) is 0 Å². The molecule has 0 aliphatic carbocycles. The fourth-order valence-electron chi connectivity index (χ4n) is 2.20. The highest BCUT2D eigenvalue weighted by atomic mass is 16.5. The van der Waals surface area contributed by atoms with E-state index in [4.69, 9.17) is 4.74 Å². The van der Waals surface area contributed by atoms with Gasteiger partial charge in [-0.2, -0.15) is 0 Å². The molecule has 0 bridgehead atoms. The standard InChI is InChI=1S/C17H17NO5/c1-12(20)18-17(11-19,16(21)22)13-6-5-9-15(10-13)23-14-7-3-2-4-8-14/h2-10,19H,11H2,1H3,(H,18,20)(H,21,22)/t17-/m1/s1. The van der Waals surface area contributed by atoms with Crippen LogP contribution in [0.3, 0.4) is 0 Å². The highest BCUT2D eigenvalue weighted by Gasteiger charge is 2.41. The summed E-state index contributed by atoms with van der Waals surface area (Å²) in [6.07, 6.45) is 0. The van der Waals surface area contributed by atoms with Gasteiger partial charge in [0, 0.05) is 6.92 Å². The molecule has 0 aliphatic heterocycles. The fraction of sp³-hybridized carbons (Fsp3) is 0.176. The van der Waals surface area contributed by atoms with E-state index in [-0.39, 0.29) is 5.56 Å². The molecule has 120 valence electrons. The number of carbonyl (C=O) groups excluding carboxylic acids is 1. The van der Waals surface area contributed by atoms with Gasteiger partial charge in [-0.15, -0.1) is 0 Å². The minimum absolute atomic E-state index is 0.219. The monoisotopic (exact) mass is 315 g/mol. The normalized spacial score (nSPS) is 13.0. The average molecular weight is 315 g/mol. The lowest BCUT2D eigenvalue weighted by Crippen LogP contribution is -2.54. The molecule has 6 nitrogen and oxygen atoms in total. The molecule has 1 atom stereocenters. The van der Waals surface area contributed by atoms with E-state index in [9.17, 15) is 19.8 Å². The second-order valence-corrected chi connectivity index (χ2v) is 4.99. The number of aliphatic hydroxyl groups excluding tert-OH is 1. The second-order valence-electron chi connectivity index (χ2n) is 4.99. The lowest BCUT2D eigenvalue weighted by Gasteiger charge is -2.28. The summed E-state index contributed by atoms with van der Waals surface area (Å²) < 4.78 is 5.66. The van der Waals surface area contributed by atoms with E-state index in [0.29, 0.717) is 11.5 Å². The molecule has 2 aromatic carbocycles. The Kier molecular flexibility index (Phi) is 4.98. The van der Waals surface area contributed by atoms with Crippen LogP contribution in [-0.2, 0) is 15.1 Å². The van der Waals surface area contributed by atoms with Crippen LogP contribution < -0.4 is 10.1 Å². The van der Waals surface area contributed by atoms with Gasteiger partial charge in [-0.25, -0.2) is 4.79 Å². The van der Waals surface area contributed by atoms with Crippen LogP contribution in [0.1, 0.15) is 12.5 Å². The maximum atomic E-state index is 11.6. The van der Waals surface area contributed by atoms with Crippen LogP contribution in [0.2, 0.25) is 0 Å². The van der Waals surface area contributed by atoms with Crippen molar-refractivity contribution in [1.82, 2.24) is 5.32 Å². The highest BCUT2D eigenvalue weighted by Crippen LogP contribution is 2.28. The Morgan fingerprint density at radius 2 is 1.74 bits per heavy atom. The first-order valence-electron chi connectivity index (χ1n) is 6.94. The zero-order valence-electron chi connectivity index (χ0n) is 12.5. The molecule has 6 heteroatoms. The summed E-state index contributed by atoms with van der Waals surface area (Å²) >= 11 is 0. The van der Waals surface area contributed by atoms with Gasteiger partial charge >= 0.3 is 5.97 Å². The van der Waals surface area contributed by atoms with E-state index in [1.165, 1.54) is 19.1 Å². The van der Waals surface area contributed by atoms with Crippen LogP contribution in [-0.4, -0.2) is 28.7 Å². The van der Waals surface area contributed by atoms with Crippen molar-refractivity contribution in [3.8, 4) is 11.5 Å². The molecule has 0 aliphatic rings. The van der Waals surface area contributed by atoms with Crippen LogP contribution >= 0.6 is 0 Å². The predicted molar refractivity (Wildman–Crippen MR) is 83.2 cm³/mol. The molecule has 0 aromatic heterocycles. The third kappa shape index (κ3) is 3.67. The Morgan fingerprint density at radius 1 is 1.09 bits per heavy atom. The molecular formula is C17H17NO5. The summed E-state index contributed by atoms with van der Waals surface area (Å²) in [4.78, 5) is 23.0. The summed E-state index contributed by atoms with van der Waals surface area (Å²) in [6.45, 7) is 0.411. The van der Waals surface area contributed by atoms with Gasteiger partial charge in [0.05, 0.1) is 6.61 Å². The van der Waals surface area contributed by atoms with E-state index in [1.54, 1.807) is 24.3 Å². The first-order valence-corrected chi connectivity index (χ1v) is 6.94. The zero-order valence-corrected chi connectivity index (χ0v) is 12.5. The van der Waals surface area contributed by atoms with Crippen molar-refractivity contribution in [2.75, 3.05) is 6.61 Å². The fourth-order valence-corrected chi connectivity index (χ4v) is 2.20. The Balaban J connectivity index is 2.39. The molecule has 0 radical (unpaired) electrons. The molecule has 0 saturated carbocycles. The van der Waals surface area contributed by atoms with E-state index in [2.05, 4.69) is 5.32 Å². The van der Waals surface area contributed by atoms with E-state index in [0.717, 1.165) is 0 Å². The lowest BCUT2D eigenvalue weighted by molar-refractivity contribution is -0.150. The first-order chi connectivity index (χ1) is 11.0. The minimum Gasteiger partial charge on any atom is -0.479 e. The summed E-state index contributed by atoms with van der Waals surface area (Å²) in [5.41, 5.74) is -1.70. The van der Waals surface area contributed by atoms with Crippen molar-refractivity contribution >= 4 is 11.9 Å². The lowest BCUT2D eigenvalue weighted by atomic mass is 9.90. The quantitative estimate of drug-likeness (QED) is 0.756.